The van der Waals surface area contributed by atoms with E-state index >= 15 is 0 Å². The van der Waals surface area contributed by atoms with Gasteiger partial charge in [-0.05, 0) is 38.8 Å². The first-order valence-electron chi connectivity index (χ1n) is 5.87. The van der Waals surface area contributed by atoms with Crippen LogP contribution in [0.2, 0.25) is 0 Å². The van der Waals surface area contributed by atoms with Crippen LogP contribution < -0.4 is 11.1 Å². The molecule has 4 heteroatoms. The standard InChI is InChI=1S/C11H23N3O/c1-3-14-6-4-5-10(8-14)9(2)13-7-11(12)15/h9-10,13H,3-8H2,1-2H3,(H2,12,15). The maximum Gasteiger partial charge on any atom is 0.231 e. The highest BCUT2D eigenvalue weighted by Crippen LogP contribution is 2.19. The third-order valence-electron chi connectivity index (χ3n) is 3.29. The van der Waals surface area contributed by atoms with Crippen molar-refractivity contribution in [2.75, 3.05) is 26.2 Å². The van der Waals surface area contributed by atoms with Gasteiger partial charge in [-0.2, -0.15) is 0 Å². The summed E-state index contributed by atoms with van der Waals surface area (Å²) < 4.78 is 0. The predicted molar refractivity (Wildman–Crippen MR) is 61.5 cm³/mol. The van der Waals surface area contributed by atoms with Gasteiger partial charge in [0.25, 0.3) is 0 Å². The lowest BCUT2D eigenvalue weighted by molar-refractivity contribution is -0.117. The van der Waals surface area contributed by atoms with Gasteiger partial charge >= 0.3 is 0 Å². The van der Waals surface area contributed by atoms with Gasteiger partial charge in [0.1, 0.15) is 0 Å². The highest BCUT2D eigenvalue weighted by atomic mass is 16.1. The molecule has 0 aromatic rings. The Morgan fingerprint density at radius 3 is 3.00 bits per heavy atom. The van der Waals surface area contributed by atoms with E-state index in [1.54, 1.807) is 0 Å². The van der Waals surface area contributed by atoms with E-state index in [1.807, 2.05) is 0 Å². The zero-order valence-electron chi connectivity index (χ0n) is 9.83. The van der Waals surface area contributed by atoms with Crippen LogP contribution in [0.1, 0.15) is 26.7 Å². The molecule has 2 unspecified atom stereocenters. The van der Waals surface area contributed by atoms with Gasteiger partial charge in [0.2, 0.25) is 5.91 Å². The topological polar surface area (TPSA) is 58.4 Å². The summed E-state index contributed by atoms with van der Waals surface area (Å²) in [6.07, 6.45) is 2.52. The first-order chi connectivity index (χ1) is 7.13. The number of carbonyl (C=O) groups is 1. The third kappa shape index (κ3) is 4.18. The van der Waals surface area contributed by atoms with Crippen molar-refractivity contribution in [2.24, 2.45) is 11.7 Å². The number of nitrogens with zero attached hydrogens (tertiary/aromatic N) is 1. The number of primary amides is 1. The number of piperidine rings is 1. The van der Waals surface area contributed by atoms with Crippen LogP contribution in [-0.2, 0) is 4.79 Å². The van der Waals surface area contributed by atoms with Crippen molar-refractivity contribution >= 4 is 5.91 Å². The SMILES string of the molecule is CCN1CCCC(C(C)NCC(N)=O)C1. The molecule has 0 aliphatic carbocycles. The van der Waals surface area contributed by atoms with Gasteiger partial charge in [-0.3, -0.25) is 4.79 Å². The molecule has 3 N–H and O–H groups in total. The van der Waals surface area contributed by atoms with E-state index in [0.717, 1.165) is 13.1 Å². The molecule has 1 amide bonds. The first-order valence-corrected chi connectivity index (χ1v) is 5.87. The number of rotatable bonds is 5. The number of hydrogen-bond donors (Lipinski definition) is 2. The Labute approximate surface area is 92.2 Å². The number of amides is 1. The van der Waals surface area contributed by atoms with Gasteiger partial charge in [-0.15, -0.1) is 0 Å². The van der Waals surface area contributed by atoms with Crippen molar-refractivity contribution < 1.29 is 4.79 Å². The Morgan fingerprint density at radius 1 is 1.67 bits per heavy atom. The van der Waals surface area contributed by atoms with E-state index in [0.29, 0.717) is 18.5 Å². The normalized spacial score (nSPS) is 25.1. The fourth-order valence-electron chi connectivity index (χ4n) is 2.21. The summed E-state index contributed by atoms with van der Waals surface area (Å²) in [5.74, 6) is 0.378. The van der Waals surface area contributed by atoms with Crippen LogP contribution in [0.5, 0.6) is 0 Å². The Bertz CT molecular complexity index is 208. The Morgan fingerprint density at radius 2 is 2.40 bits per heavy atom. The molecule has 1 heterocycles. The van der Waals surface area contributed by atoms with E-state index in [-0.39, 0.29) is 5.91 Å². The van der Waals surface area contributed by atoms with E-state index < -0.39 is 0 Å². The molecule has 0 aromatic carbocycles. The molecule has 1 fully saturated rings. The van der Waals surface area contributed by atoms with Gasteiger partial charge in [0.15, 0.2) is 0 Å². The molecule has 1 rings (SSSR count). The summed E-state index contributed by atoms with van der Waals surface area (Å²) in [7, 11) is 0. The lowest BCUT2D eigenvalue weighted by atomic mass is 9.91. The fourth-order valence-corrected chi connectivity index (χ4v) is 2.21. The highest BCUT2D eigenvalue weighted by Gasteiger charge is 2.23. The smallest absolute Gasteiger partial charge is 0.231 e. The number of nitrogens with two attached hydrogens (primary N) is 1. The number of likely N-dealkylation sites (tertiary alicyclic amines) is 1. The second-order valence-electron chi connectivity index (χ2n) is 4.43. The summed E-state index contributed by atoms with van der Waals surface area (Å²) in [5, 5.41) is 3.20. The van der Waals surface area contributed by atoms with Crippen LogP contribution in [0, 0.1) is 5.92 Å². The van der Waals surface area contributed by atoms with E-state index in [2.05, 4.69) is 24.1 Å². The Kier molecular flexibility index (Phi) is 5.05. The lowest BCUT2D eigenvalue weighted by Crippen LogP contribution is -2.46. The highest BCUT2D eigenvalue weighted by molar-refractivity contribution is 5.75. The number of carbonyl (C=O) groups excluding carboxylic acids is 1. The zero-order chi connectivity index (χ0) is 11.3. The van der Waals surface area contributed by atoms with Crippen LogP contribution in [0.3, 0.4) is 0 Å². The minimum atomic E-state index is -0.273. The van der Waals surface area contributed by atoms with Crippen LogP contribution in [0.25, 0.3) is 0 Å². The van der Waals surface area contributed by atoms with Crippen LogP contribution in [-0.4, -0.2) is 43.0 Å². The summed E-state index contributed by atoms with van der Waals surface area (Å²) in [6.45, 7) is 8.12. The maximum atomic E-state index is 10.7. The molecule has 4 nitrogen and oxygen atoms in total. The molecule has 0 saturated carbocycles. The molecule has 2 atom stereocenters. The molecular weight excluding hydrogens is 190 g/mol. The maximum absolute atomic E-state index is 10.7. The average molecular weight is 213 g/mol. The Balaban J connectivity index is 2.31. The second kappa shape index (κ2) is 6.08. The molecule has 0 bridgehead atoms. The van der Waals surface area contributed by atoms with Crippen molar-refractivity contribution in [3.05, 3.63) is 0 Å². The number of nitrogens with one attached hydrogen (secondary N) is 1. The van der Waals surface area contributed by atoms with Crippen molar-refractivity contribution in [3.8, 4) is 0 Å². The van der Waals surface area contributed by atoms with Crippen molar-refractivity contribution in [2.45, 2.75) is 32.7 Å². The number of hydrogen-bond acceptors (Lipinski definition) is 3. The monoisotopic (exact) mass is 213 g/mol. The van der Waals surface area contributed by atoms with Crippen molar-refractivity contribution in [1.29, 1.82) is 0 Å². The minimum absolute atomic E-state index is 0.273. The van der Waals surface area contributed by atoms with Gasteiger partial charge in [-0.25, -0.2) is 0 Å². The van der Waals surface area contributed by atoms with Crippen LogP contribution in [0.15, 0.2) is 0 Å². The molecule has 0 radical (unpaired) electrons. The van der Waals surface area contributed by atoms with Gasteiger partial charge < -0.3 is 16.0 Å². The summed E-state index contributed by atoms with van der Waals surface area (Å²) >= 11 is 0. The quantitative estimate of drug-likeness (QED) is 0.685. The minimum Gasteiger partial charge on any atom is -0.369 e. The molecule has 1 saturated heterocycles. The van der Waals surface area contributed by atoms with Crippen LogP contribution >= 0.6 is 0 Å². The van der Waals surface area contributed by atoms with Gasteiger partial charge in [-0.1, -0.05) is 6.92 Å². The first kappa shape index (κ1) is 12.5. The third-order valence-corrected chi connectivity index (χ3v) is 3.29. The van der Waals surface area contributed by atoms with Gasteiger partial charge in [0, 0.05) is 12.6 Å². The second-order valence-corrected chi connectivity index (χ2v) is 4.43. The van der Waals surface area contributed by atoms with E-state index in [4.69, 9.17) is 5.73 Å². The largest absolute Gasteiger partial charge is 0.369 e. The summed E-state index contributed by atoms with van der Waals surface area (Å²) in [4.78, 5) is 13.1. The summed E-state index contributed by atoms with van der Waals surface area (Å²) in [6, 6.07) is 0.381. The molecule has 0 aromatic heterocycles. The average Bonchev–Trinajstić information content (AvgIpc) is 2.26. The molecule has 1 aliphatic rings. The molecule has 88 valence electrons. The molecule has 1 aliphatic heterocycles. The van der Waals surface area contributed by atoms with Crippen molar-refractivity contribution in [1.82, 2.24) is 10.2 Å². The fraction of sp³-hybridized carbons (Fsp3) is 0.909. The molecule has 0 spiro atoms. The lowest BCUT2D eigenvalue weighted by Gasteiger charge is -2.35. The molecular formula is C11H23N3O. The summed E-state index contributed by atoms with van der Waals surface area (Å²) in [5.41, 5.74) is 5.11. The van der Waals surface area contributed by atoms with Gasteiger partial charge in [0.05, 0.1) is 6.54 Å². The van der Waals surface area contributed by atoms with Crippen LogP contribution in [0.4, 0.5) is 0 Å². The van der Waals surface area contributed by atoms with E-state index in [1.165, 1.54) is 19.4 Å². The van der Waals surface area contributed by atoms with Crippen molar-refractivity contribution in [3.63, 3.8) is 0 Å². The Hall–Kier alpha value is -0.610. The molecule has 15 heavy (non-hydrogen) atoms. The predicted octanol–water partition coefficient (Wildman–Crippen LogP) is 0.182. The van der Waals surface area contributed by atoms with E-state index in [9.17, 15) is 4.79 Å². The zero-order valence-corrected chi connectivity index (χ0v) is 9.83.